The number of hydrogen-bond donors (Lipinski definition) is 4. The third kappa shape index (κ3) is 5.78. The zero-order valence-electron chi connectivity index (χ0n) is 19.1. The van der Waals surface area contributed by atoms with E-state index in [4.69, 9.17) is 14.7 Å². The van der Waals surface area contributed by atoms with Crippen LogP contribution in [0.1, 0.15) is 29.6 Å². The Morgan fingerprint density at radius 1 is 1.03 bits per heavy atom. The van der Waals surface area contributed by atoms with Crippen molar-refractivity contribution < 1.29 is 37.5 Å². The van der Waals surface area contributed by atoms with Gasteiger partial charge in [0.25, 0.3) is 11.8 Å². The monoisotopic (exact) mass is 505 g/mol. The lowest BCUT2D eigenvalue weighted by Gasteiger charge is -2.34. The van der Waals surface area contributed by atoms with Crippen LogP contribution in [0.25, 0.3) is 0 Å². The highest BCUT2D eigenvalue weighted by Crippen LogP contribution is 2.35. The lowest BCUT2D eigenvalue weighted by atomic mass is 9.98. The summed E-state index contributed by atoms with van der Waals surface area (Å²) in [4.78, 5) is 36.6. The van der Waals surface area contributed by atoms with Gasteiger partial charge in [0, 0.05) is 37.4 Å². The molecule has 0 aliphatic carbocycles. The van der Waals surface area contributed by atoms with Gasteiger partial charge in [0.1, 0.15) is 5.75 Å². The van der Waals surface area contributed by atoms with Crippen molar-refractivity contribution in [1.29, 1.82) is 0 Å². The third-order valence-corrected chi connectivity index (χ3v) is 8.28. The van der Waals surface area contributed by atoms with Crippen molar-refractivity contribution in [3.05, 3.63) is 54.1 Å². The van der Waals surface area contributed by atoms with E-state index in [1.54, 1.807) is 24.3 Å². The van der Waals surface area contributed by atoms with E-state index >= 15 is 0 Å². The smallest absolute Gasteiger partial charge is 0.265 e. The first-order valence-electron chi connectivity index (χ1n) is 10.8. The molecule has 4 N–H and O–H groups in total. The van der Waals surface area contributed by atoms with E-state index < -0.39 is 20.5 Å². The molecule has 0 spiro atoms. The summed E-state index contributed by atoms with van der Waals surface area (Å²) in [7, 11) is -2.63. The van der Waals surface area contributed by atoms with Crippen LogP contribution in [0.15, 0.2) is 53.4 Å². The van der Waals surface area contributed by atoms with E-state index in [0.717, 1.165) is 0 Å². The number of amides is 3. The van der Waals surface area contributed by atoms with Crippen LogP contribution in [0.3, 0.4) is 0 Å². The van der Waals surface area contributed by atoms with Gasteiger partial charge < -0.3 is 20.1 Å². The Balaban J connectivity index is 1.57. The van der Waals surface area contributed by atoms with E-state index in [2.05, 4.69) is 10.6 Å². The number of methoxy groups -OCH3 is 1. The second-order valence-electron chi connectivity index (χ2n) is 7.86. The van der Waals surface area contributed by atoms with E-state index in [1.807, 2.05) is 0 Å². The zero-order valence-corrected chi connectivity index (χ0v) is 19.9. The minimum absolute atomic E-state index is 0.00171. The van der Waals surface area contributed by atoms with E-state index in [-0.39, 0.29) is 55.7 Å². The first kappa shape index (κ1) is 26.1. The quantitative estimate of drug-likeness (QED) is 0.293. The molecule has 3 amide bonds. The van der Waals surface area contributed by atoms with Gasteiger partial charge in [-0.05, 0) is 61.4 Å². The van der Waals surface area contributed by atoms with E-state index in [1.165, 1.54) is 36.9 Å². The zero-order chi connectivity index (χ0) is 25.5. The Morgan fingerprint density at radius 3 is 2.23 bits per heavy atom. The highest BCUT2D eigenvalue weighted by atomic mass is 32.2. The van der Waals surface area contributed by atoms with Gasteiger partial charge in [0.05, 0.1) is 12.0 Å². The Morgan fingerprint density at radius 2 is 1.66 bits per heavy atom. The molecule has 1 aliphatic heterocycles. The average molecular weight is 506 g/mol. The number of carbonyl (C=O) groups is 3. The summed E-state index contributed by atoms with van der Waals surface area (Å²) in [6.45, 7) is 0.232. The van der Waals surface area contributed by atoms with Gasteiger partial charge in [-0.25, -0.2) is 13.9 Å². The number of hydrogen-bond acceptors (Lipinski definition) is 8. The number of ether oxygens (including phenoxy) is 2. The lowest BCUT2D eigenvalue weighted by molar-refractivity contribution is -0.134. The van der Waals surface area contributed by atoms with Gasteiger partial charge in [-0.15, -0.1) is 0 Å². The Kier molecular flexibility index (Phi) is 8.43. The van der Waals surface area contributed by atoms with Crippen molar-refractivity contribution in [2.45, 2.75) is 28.9 Å². The summed E-state index contributed by atoms with van der Waals surface area (Å²) in [6, 6.07) is 11.9. The summed E-state index contributed by atoms with van der Waals surface area (Å²) < 4.78 is 34.9. The molecule has 1 saturated heterocycles. The van der Waals surface area contributed by atoms with Gasteiger partial charge in [0.2, 0.25) is 5.91 Å². The molecule has 3 rings (SSSR count). The minimum atomic E-state index is -4.15. The molecule has 1 fully saturated rings. The van der Waals surface area contributed by atoms with E-state index in [9.17, 15) is 22.8 Å². The Hall–Kier alpha value is -3.48. The van der Waals surface area contributed by atoms with Crippen LogP contribution in [-0.4, -0.2) is 63.0 Å². The highest BCUT2D eigenvalue weighted by Gasteiger charge is 2.52. The largest absolute Gasteiger partial charge is 0.497 e. The Labute approximate surface area is 202 Å². The van der Waals surface area contributed by atoms with Crippen LogP contribution in [-0.2, 0) is 24.2 Å². The molecule has 0 saturated carbocycles. The lowest BCUT2D eigenvalue weighted by Crippen LogP contribution is -2.54. The molecular formula is C23H27N3O8S. The number of hydroxylamine groups is 1. The number of rotatable bonds is 9. The molecule has 11 nitrogen and oxygen atoms in total. The van der Waals surface area contributed by atoms with Crippen molar-refractivity contribution in [1.82, 2.24) is 10.8 Å². The Bertz CT molecular complexity index is 1160. The maximum Gasteiger partial charge on any atom is 0.265 e. The van der Waals surface area contributed by atoms with Crippen LogP contribution >= 0.6 is 0 Å². The van der Waals surface area contributed by atoms with Crippen molar-refractivity contribution >= 4 is 33.2 Å². The molecular weight excluding hydrogens is 478 g/mol. The molecule has 0 radical (unpaired) electrons. The fourth-order valence-electron chi connectivity index (χ4n) is 3.72. The maximum atomic E-state index is 13.2. The van der Waals surface area contributed by atoms with Crippen LogP contribution in [0.2, 0.25) is 0 Å². The SMILES string of the molecule is COc1ccc(C(=O)NCCC(=O)Nc2ccc(S(=O)(=O)C3(C(=O)NO)CCOCC3)cc2)cc1. The predicted molar refractivity (Wildman–Crippen MR) is 125 cm³/mol. The molecule has 2 aromatic rings. The second kappa shape index (κ2) is 11.3. The number of sulfone groups is 1. The minimum Gasteiger partial charge on any atom is -0.497 e. The molecule has 0 atom stereocenters. The average Bonchev–Trinajstić information content (AvgIpc) is 2.88. The summed E-state index contributed by atoms with van der Waals surface area (Å²) >= 11 is 0. The maximum absolute atomic E-state index is 13.2. The van der Waals surface area contributed by atoms with Gasteiger partial charge in [-0.3, -0.25) is 19.6 Å². The predicted octanol–water partition coefficient (Wildman–Crippen LogP) is 1.28. The molecule has 35 heavy (non-hydrogen) atoms. The highest BCUT2D eigenvalue weighted by molar-refractivity contribution is 7.93. The van der Waals surface area contributed by atoms with Crippen molar-refractivity contribution in [3.63, 3.8) is 0 Å². The van der Waals surface area contributed by atoms with Crippen molar-refractivity contribution in [2.24, 2.45) is 0 Å². The molecule has 0 bridgehead atoms. The third-order valence-electron chi connectivity index (χ3n) is 5.77. The van der Waals surface area contributed by atoms with Crippen molar-refractivity contribution in [3.8, 4) is 5.75 Å². The summed E-state index contributed by atoms with van der Waals surface area (Å²) in [5.41, 5.74) is 2.25. The molecule has 1 aliphatic rings. The summed E-state index contributed by atoms with van der Waals surface area (Å²) in [6.07, 6.45) is -0.188. The molecule has 188 valence electrons. The van der Waals surface area contributed by atoms with Crippen LogP contribution in [0, 0.1) is 0 Å². The molecule has 1 heterocycles. The van der Waals surface area contributed by atoms with Gasteiger partial charge in [-0.1, -0.05) is 0 Å². The first-order chi connectivity index (χ1) is 16.7. The molecule has 12 heteroatoms. The topological polar surface area (TPSA) is 160 Å². The standard InChI is InChI=1S/C23H27N3O8S/c1-33-18-6-2-16(3-7-18)21(28)24-13-10-20(27)25-17-4-8-19(9-5-17)35(31,32)23(22(29)26-30)11-14-34-15-12-23/h2-9,30H,10-15H2,1H3,(H,24,28)(H,25,27)(H,26,29). The molecule has 0 aromatic heterocycles. The molecule has 0 unspecified atom stereocenters. The van der Waals surface area contributed by atoms with Crippen LogP contribution in [0.5, 0.6) is 5.75 Å². The summed E-state index contributed by atoms with van der Waals surface area (Å²) in [5.74, 6) is -1.09. The van der Waals surface area contributed by atoms with Gasteiger partial charge in [0.15, 0.2) is 14.6 Å². The van der Waals surface area contributed by atoms with Gasteiger partial charge in [-0.2, -0.15) is 0 Å². The first-order valence-corrected chi connectivity index (χ1v) is 12.3. The normalized spacial score (nSPS) is 15.0. The number of benzene rings is 2. The fourth-order valence-corrected chi connectivity index (χ4v) is 5.66. The number of anilines is 1. The fraction of sp³-hybridized carbons (Fsp3) is 0.348. The molecule has 2 aromatic carbocycles. The number of nitrogens with one attached hydrogen (secondary N) is 3. The van der Waals surface area contributed by atoms with Crippen molar-refractivity contribution in [2.75, 3.05) is 32.2 Å². The number of carbonyl (C=O) groups excluding carboxylic acids is 3. The van der Waals surface area contributed by atoms with E-state index in [0.29, 0.717) is 17.0 Å². The van der Waals surface area contributed by atoms with Crippen LogP contribution < -0.4 is 20.9 Å². The van der Waals surface area contributed by atoms with Gasteiger partial charge >= 0.3 is 0 Å². The summed E-state index contributed by atoms with van der Waals surface area (Å²) in [5, 5.41) is 14.4. The van der Waals surface area contributed by atoms with Crippen LogP contribution in [0.4, 0.5) is 5.69 Å². The second-order valence-corrected chi connectivity index (χ2v) is 10.1.